The van der Waals surface area contributed by atoms with E-state index in [0.29, 0.717) is 6.54 Å². The van der Waals surface area contributed by atoms with Crippen LogP contribution in [0.5, 0.6) is 0 Å². The van der Waals surface area contributed by atoms with Crippen molar-refractivity contribution in [1.82, 2.24) is 9.55 Å². The normalized spacial score (nSPS) is 18.5. The molecular weight excluding hydrogens is 216 g/mol. The lowest BCUT2D eigenvalue weighted by atomic mass is 9.70. The van der Waals surface area contributed by atoms with Crippen molar-refractivity contribution in [2.75, 3.05) is 0 Å². The molecule has 5 heteroatoms. The van der Waals surface area contributed by atoms with Crippen LogP contribution in [-0.4, -0.2) is 9.55 Å². The lowest BCUT2D eigenvalue weighted by Gasteiger charge is -2.38. The molecule has 0 radical (unpaired) electrons. The molecule has 4 nitrogen and oxygen atoms in total. The van der Waals surface area contributed by atoms with Crippen molar-refractivity contribution >= 4 is 11.6 Å². The maximum Gasteiger partial charge on any atom is 0.329 e. The van der Waals surface area contributed by atoms with Gasteiger partial charge in [0.15, 0.2) is 0 Å². The topological polar surface area (TPSA) is 54.9 Å². The maximum atomic E-state index is 11.5. The molecule has 0 aliphatic heterocycles. The zero-order valence-corrected chi connectivity index (χ0v) is 9.30. The smallest absolute Gasteiger partial charge is 0.298 e. The Hall–Kier alpha value is -1.03. The summed E-state index contributed by atoms with van der Waals surface area (Å²) < 4.78 is 1.23. The van der Waals surface area contributed by atoms with E-state index in [0.717, 1.165) is 12.8 Å². The molecule has 1 aromatic heterocycles. The third kappa shape index (κ3) is 2.00. The van der Waals surface area contributed by atoms with Crippen molar-refractivity contribution in [2.45, 2.75) is 32.7 Å². The fourth-order valence-electron chi connectivity index (χ4n) is 1.96. The van der Waals surface area contributed by atoms with E-state index in [1.54, 1.807) is 0 Å². The van der Waals surface area contributed by atoms with Gasteiger partial charge in [-0.3, -0.25) is 14.3 Å². The van der Waals surface area contributed by atoms with Gasteiger partial charge in [0.25, 0.3) is 5.56 Å². The van der Waals surface area contributed by atoms with Crippen LogP contribution in [0.25, 0.3) is 0 Å². The first-order valence-corrected chi connectivity index (χ1v) is 5.38. The predicted molar refractivity (Wildman–Crippen MR) is 58.3 cm³/mol. The molecule has 0 unspecified atom stereocenters. The molecule has 0 bridgehead atoms. The molecule has 1 N–H and O–H groups in total. The fraction of sp³-hybridized carbons (Fsp3) is 0.600. The molecule has 0 atom stereocenters. The number of H-pyrrole nitrogens is 1. The Morgan fingerprint density at radius 3 is 2.67 bits per heavy atom. The highest BCUT2D eigenvalue weighted by Crippen LogP contribution is 2.41. The van der Waals surface area contributed by atoms with Crippen molar-refractivity contribution in [3.63, 3.8) is 0 Å². The Kier molecular flexibility index (Phi) is 2.46. The second kappa shape index (κ2) is 3.52. The standard InChI is InChI=1S/C10H13ClN2O2/c1-10(3-2-4-10)6-13-8(14)5-7(11)12-9(13)15/h5H,2-4,6H2,1H3,(H,12,15). The predicted octanol–water partition coefficient (Wildman–Crippen LogP) is 1.38. The summed E-state index contributed by atoms with van der Waals surface area (Å²) in [5.74, 6) is 0. The zero-order chi connectivity index (χ0) is 11.1. The van der Waals surface area contributed by atoms with Crippen LogP contribution >= 0.6 is 11.6 Å². The number of aromatic nitrogens is 2. The van der Waals surface area contributed by atoms with Crippen LogP contribution in [0, 0.1) is 5.41 Å². The lowest BCUT2D eigenvalue weighted by Crippen LogP contribution is -2.42. The summed E-state index contributed by atoms with van der Waals surface area (Å²) in [7, 11) is 0. The molecule has 1 aromatic rings. The van der Waals surface area contributed by atoms with E-state index < -0.39 is 5.69 Å². The minimum absolute atomic E-state index is 0.0972. The number of rotatable bonds is 2. The van der Waals surface area contributed by atoms with E-state index >= 15 is 0 Å². The Morgan fingerprint density at radius 2 is 2.20 bits per heavy atom. The highest BCUT2D eigenvalue weighted by Gasteiger charge is 2.32. The van der Waals surface area contributed by atoms with Crippen LogP contribution in [0.15, 0.2) is 15.7 Å². The number of nitrogens with zero attached hydrogens (tertiary/aromatic N) is 1. The summed E-state index contributed by atoms with van der Waals surface area (Å²) in [6, 6.07) is 1.24. The monoisotopic (exact) mass is 228 g/mol. The molecule has 0 saturated heterocycles. The van der Waals surface area contributed by atoms with Crippen LogP contribution in [-0.2, 0) is 6.54 Å². The Morgan fingerprint density at radius 1 is 1.53 bits per heavy atom. The van der Waals surface area contributed by atoms with Crippen molar-refractivity contribution < 1.29 is 0 Å². The van der Waals surface area contributed by atoms with Crippen molar-refractivity contribution in [3.05, 3.63) is 32.1 Å². The minimum Gasteiger partial charge on any atom is -0.298 e. The molecule has 82 valence electrons. The van der Waals surface area contributed by atoms with E-state index in [4.69, 9.17) is 11.6 Å². The van der Waals surface area contributed by atoms with E-state index in [1.807, 2.05) is 0 Å². The molecule has 1 fully saturated rings. The molecular formula is C10H13ClN2O2. The van der Waals surface area contributed by atoms with Crippen LogP contribution in [0.3, 0.4) is 0 Å². The van der Waals surface area contributed by atoms with Crippen molar-refractivity contribution in [2.24, 2.45) is 5.41 Å². The average molecular weight is 229 g/mol. The quantitative estimate of drug-likeness (QED) is 0.778. The number of hydrogen-bond acceptors (Lipinski definition) is 2. The van der Waals surface area contributed by atoms with Gasteiger partial charge in [-0.1, -0.05) is 24.9 Å². The number of nitrogens with one attached hydrogen (secondary N) is 1. The van der Waals surface area contributed by atoms with Gasteiger partial charge < -0.3 is 0 Å². The van der Waals surface area contributed by atoms with Crippen LogP contribution < -0.4 is 11.2 Å². The maximum absolute atomic E-state index is 11.5. The second-order valence-electron chi connectivity index (χ2n) is 4.51. The molecule has 0 aromatic carbocycles. The molecule has 1 aliphatic rings. The average Bonchev–Trinajstić information content (AvgIpc) is 2.08. The van der Waals surface area contributed by atoms with Crippen molar-refractivity contribution in [1.29, 1.82) is 0 Å². The minimum atomic E-state index is -0.416. The van der Waals surface area contributed by atoms with Gasteiger partial charge in [-0.05, 0) is 18.3 Å². The first-order valence-electron chi connectivity index (χ1n) is 5.00. The first-order chi connectivity index (χ1) is 7.00. The summed E-state index contributed by atoms with van der Waals surface area (Å²) in [6.45, 7) is 2.58. The second-order valence-corrected chi connectivity index (χ2v) is 4.92. The molecule has 0 amide bonds. The molecule has 1 saturated carbocycles. The van der Waals surface area contributed by atoms with Crippen LogP contribution in [0.1, 0.15) is 26.2 Å². The number of aromatic amines is 1. The van der Waals surface area contributed by atoms with E-state index in [1.165, 1.54) is 17.1 Å². The molecule has 15 heavy (non-hydrogen) atoms. The van der Waals surface area contributed by atoms with Crippen molar-refractivity contribution in [3.8, 4) is 0 Å². The molecule has 0 spiro atoms. The summed E-state index contributed by atoms with van der Waals surface area (Å²) in [5, 5.41) is 0.0972. The van der Waals surface area contributed by atoms with Gasteiger partial charge in [-0.15, -0.1) is 0 Å². The lowest BCUT2D eigenvalue weighted by molar-refractivity contribution is 0.128. The highest BCUT2D eigenvalue weighted by atomic mass is 35.5. The first kappa shape index (κ1) is 10.5. The highest BCUT2D eigenvalue weighted by molar-refractivity contribution is 6.29. The van der Waals surface area contributed by atoms with Gasteiger partial charge in [0.1, 0.15) is 5.15 Å². The molecule has 1 heterocycles. The summed E-state index contributed by atoms with van der Waals surface area (Å²) in [5.41, 5.74) is -0.637. The van der Waals surface area contributed by atoms with Gasteiger partial charge >= 0.3 is 5.69 Å². The summed E-state index contributed by atoms with van der Waals surface area (Å²) >= 11 is 5.57. The summed E-state index contributed by atoms with van der Waals surface area (Å²) in [4.78, 5) is 25.5. The van der Waals surface area contributed by atoms with Crippen LogP contribution in [0.4, 0.5) is 0 Å². The molecule has 2 rings (SSSR count). The molecule has 1 aliphatic carbocycles. The van der Waals surface area contributed by atoms with E-state index in [-0.39, 0.29) is 16.1 Å². The number of halogens is 1. The van der Waals surface area contributed by atoms with Gasteiger partial charge in [0.05, 0.1) is 0 Å². The van der Waals surface area contributed by atoms with Crippen LogP contribution in [0.2, 0.25) is 5.15 Å². The Balaban J connectivity index is 2.36. The SMILES string of the molecule is CC1(Cn2c(=O)cc(Cl)[nH]c2=O)CCC1. The Bertz CT molecular complexity index is 454. The van der Waals surface area contributed by atoms with E-state index in [9.17, 15) is 9.59 Å². The largest absolute Gasteiger partial charge is 0.329 e. The summed E-state index contributed by atoms with van der Waals surface area (Å²) in [6.07, 6.45) is 3.32. The van der Waals surface area contributed by atoms with Gasteiger partial charge in [-0.2, -0.15) is 0 Å². The zero-order valence-electron chi connectivity index (χ0n) is 8.55. The van der Waals surface area contributed by atoms with E-state index in [2.05, 4.69) is 11.9 Å². The van der Waals surface area contributed by atoms with Gasteiger partial charge in [0, 0.05) is 12.6 Å². The fourth-order valence-corrected chi connectivity index (χ4v) is 2.14. The number of hydrogen-bond donors (Lipinski definition) is 1. The Labute approximate surface area is 91.9 Å². The third-order valence-corrected chi connectivity index (χ3v) is 3.29. The third-order valence-electron chi connectivity index (χ3n) is 3.09. The van der Waals surface area contributed by atoms with Gasteiger partial charge in [0.2, 0.25) is 0 Å². The van der Waals surface area contributed by atoms with Gasteiger partial charge in [-0.25, -0.2) is 4.79 Å².